The fourth-order valence-electron chi connectivity index (χ4n) is 4.28. The zero-order chi connectivity index (χ0) is 23.9. The van der Waals surface area contributed by atoms with Gasteiger partial charge in [-0.05, 0) is 18.8 Å². The summed E-state index contributed by atoms with van der Waals surface area (Å²) in [5.74, 6) is -0.807. The van der Waals surface area contributed by atoms with Gasteiger partial charge in [-0.2, -0.15) is 18.3 Å². The van der Waals surface area contributed by atoms with Crippen LogP contribution in [-0.2, 0) is 17.5 Å². The number of halogens is 3. The van der Waals surface area contributed by atoms with Crippen molar-refractivity contribution in [1.29, 1.82) is 0 Å². The van der Waals surface area contributed by atoms with Gasteiger partial charge in [0.2, 0.25) is 17.4 Å². The number of nitrogens with zero attached hydrogens (tertiary/aromatic N) is 6. The zero-order valence-electron chi connectivity index (χ0n) is 18.1. The maximum Gasteiger partial charge on any atom is 0.451 e. The molecule has 4 heterocycles. The van der Waals surface area contributed by atoms with E-state index >= 15 is 0 Å². The zero-order valence-corrected chi connectivity index (χ0v) is 18.1. The van der Waals surface area contributed by atoms with E-state index in [4.69, 9.17) is 4.74 Å². The quantitative estimate of drug-likeness (QED) is 0.344. The summed E-state index contributed by atoms with van der Waals surface area (Å²) in [6.07, 6.45) is 4.40. The van der Waals surface area contributed by atoms with Crippen molar-refractivity contribution in [2.24, 2.45) is 5.92 Å². The van der Waals surface area contributed by atoms with E-state index in [0.29, 0.717) is 30.5 Å². The number of hydrogen-bond acceptors (Lipinski definition) is 7. The van der Waals surface area contributed by atoms with Crippen LogP contribution in [-0.4, -0.2) is 59.2 Å². The molecule has 0 radical (unpaired) electrons. The van der Waals surface area contributed by atoms with Gasteiger partial charge < -0.3 is 20.0 Å². The lowest BCUT2D eigenvalue weighted by molar-refractivity contribution is -0.853. The molecule has 1 saturated carbocycles. The molecule has 0 saturated heterocycles. The third kappa shape index (κ3) is 4.38. The Morgan fingerprint density at radius 3 is 2.79 bits per heavy atom. The predicted molar refractivity (Wildman–Crippen MR) is 112 cm³/mol. The molecule has 11 nitrogen and oxygen atoms in total. The summed E-state index contributed by atoms with van der Waals surface area (Å²) >= 11 is 0. The highest BCUT2D eigenvalue weighted by Gasteiger charge is 2.36. The van der Waals surface area contributed by atoms with Crippen molar-refractivity contribution in [1.82, 2.24) is 39.5 Å². The van der Waals surface area contributed by atoms with Gasteiger partial charge in [0.1, 0.15) is 11.4 Å². The fourth-order valence-corrected chi connectivity index (χ4v) is 4.28. The van der Waals surface area contributed by atoms with Crippen LogP contribution in [0.5, 0.6) is 0 Å². The van der Waals surface area contributed by atoms with Gasteiger partial charge >= 0.3 is 6.18 Å². The van der Waals surface area contributed by atoms with Crippen molar-refractivity contribution in [3.63, 3.8) is 0 Å². The molecule has 3 unspecified atom stereocenters. The number of H-pyrrole nitrogens is 2. The number of hydroxylamine groups is 2. The van der Waals surface area contributed by atoms with E-state index in [9.17, 15) is 18.4 Å². The van der Waals surface area contributed by atoms with Crippen molar-refractivity contribution in [3.05, 3.63) is 41.5 Å². The summed E-state index contributed by atoms with van der Waals surface area (Å²) in [5, 5.41) is 17.4. The van der Waals surface area contributed by atoms with Crippen molar-refractivity contribution in [3.8, 4) is 22.9 Å². The smallest absolute Gasteiger partial charge is 0.451 e. The number of aromatic amines is 2. The van der Waals surface area contributed by atoms with Crippen LogP contribution in [0.2, 0.25) is 0 Å². The molecule has 1 fully saturated rings. The molecule has 14 heteroatoms. The first kappa shape index (κ1) is 22.4. The number of imidazole rings is 2. The van der Waals surface area contributed by atoms with E-state index in [1.807, 2.05) is 5.10 Å². The van der Waals surface area contributed by atoms with Crippen LogP contribution < -0.4 is 5.06 Å². The molecule has 0 aromatic carbocycles. The topological polar surface area (TPSA) is 137 Å². The van der Waals surface area contributed by atoms with E-state index in [2.05, 4.69) is 30.0 Å². The Bertz CT molecular complexity index is 1270. The summed E-state index contributed by atoms with van der Waals surface area (Å²) in [5.41, 5.74) is 1.82. The maximum absolute atomic E-state index is 13.0. The number of alkyl halides is 3. The number of quaternary nitrogens is 1. The largest absolute Gasteiger partial charge is 0.634 e. The maximum atomic E-state index is 13.0. The Morgan fingerprint density at radius 1 is 1.26 bits per heavy atom. The number of hydrogen-bond donors (Lipinski definition) is 3. The standard InChI is InChI=1S/C20H22F3N9O2/c1-31(33)13-3-2-11(4-13)8-34-9-12-5-25-19-27-15(17-28-18(30-29-17)20(21,22)23)16(32(19)7-12)14-6-24-10-26-14/h5-7,10-11,13,31H,2-4,8-9H2,1H3,(H,24,26)(H,28,29,30). The molecule has 4 aromatic rings. The molecule has 0 aliphatic heterocycles. The molecule has 34 heavy (non-hydrogen) atoms. The molecule has 4 aromatic heterocycles. The first-order valence-electron chi connectivity index (χ1n) is 10.7. The summed E-state index contributed by atoms with van der Waals surface area (Å²) in [6, 6.07) is 0.126. The monoisotopic (exact) mass is 477 g/mol. The van der Waals surface area contributed by atoms with Gasteiger partial charge in [0, 0.05) is 24.4 Å². The molecular formula is C20H22F3N9O2. The second kappa shape index (κ2) is 8.77. The molecule has 0 bridgehead atoms. The number of rotatable bonds is 7. The van der Waals surface area contributed by atoms with Gasteiger partial charge in [-0.25, -0.2) is 19.9 Å². The Hall–Kier alpha value is -3.36. The van der Waals surface area contributed by atoms with Crippen LogP contribution in [0.15, 0.2) is 24.9 Å². The Morgan fingerprint density at radius 2 is 2.12 bits per heavy atom. The Balaban J connectivity index is 1.41. The molecule has 1 aliphatic rings. The predicted octanol–water partition coefficient (Wildman–Crippen LogP) is 1.62. The van der Waals surface area contributed by atoms with Crippen LogP contribution in [0.4, 0.5) is 13.2 Å². The van der Waals surface area contributed by atoms with Gasteiger partial charge in [0.25, 0.3) is 0 Å². The van der Waals surface area contributed by atoms with Gasteiger partial charge in [0.05, 0.1) is 44.5 Å². The van der Waals surface area contributed by atoms with Gasteiger partial charge in [-0.3, -0.25) is 9.50 Å². The SMILES string of the molecule is C[NH+]([O-])C1CCC(COCc2cnc3nc(-c4n[nH]c(C(F)(F)F)n4)c(-c4cnc[nH]4)n3c2)C1. The number of ether oxygens (including phenoxy) is 1. The van der Waals surface area contributed by atoms with Crippen LogP contribution in [0.3, 0.4) is 0 Å². The first-order valence-corrected chi connectivity index (χ1v) is 10.7. The fraction of sp³-hybridized carbons (Fsp3) is 0.450. The van der Waals surface area contributed by atoms with E-state index in [1.54, 1.807) is 23.8 Å². The van der Waals surface area contributed by atoms with Crippen LogP contribution in [0.25, 0.3) is 28.7 Å². The third-order valence-corrected chi connectivity index (χ3v) is 5.99. The van der Waals surface area contributed by atoms with Gasteiger partial charge in [0.15, 0.2) is 0 Å². The second-order valence-corrected chi connectivity index (χ2v) is 8.41. The van der Waals surface area contributed by atoms with E-state index in [-0.39, 0.29) is 28.4 Å². The van der Waals surface area contributed by atoms with Crippen LogP contribution in [0, 0.1) is 11.1 Å². The highest BCUT2D eigenvalue weighted by Crippen LogP contribution is 2.32. The highest BCUT2D eigenvalue weighted by molar-refractivity contribution is 5.76. The minimum absolute atomic E-state index is 0.126. The Labute approximate surface area is 191 Å². The van der Waals surface area contributed by atoms with Crippen molar-refractivity contribution in [2.75, 3.05) is 13.7 Å². The molecule has 0 spiro atoms. The molecule has 3 N–H and O–H groups in total. The number of fused-ring (bicyclic) bond motifs is 1. The van der Waals surface area contributed by atoms with Crippen LogP contribution >= 0.6 is 0 Å². The molecule has 3 atom stereocenters. The van der Waals surface area contributed by atoms with Crippen molar-refractivity contribution < 1.29 is 23.0 Å². The van der Waals surface area contributed by atoms with Gasteiger partial charge in [-0.15, -0.1) is 0 Å². The summed E-state index contributed by atoms with van der Waals surface area (Å²) in [6.45, 7) is 0.834. The van der Waals surface area contributed by atoms with E-state index in [0.717, 1.165) is 24.8 Å². The lowest BCUT2D eigenvalue weighted by Crippen LogP contribution is -3.07. The lowest BCUT2D eigenvalue weighted by Gasteiger charge is -2.23. The second-order valence-electron chi connectivity index (χ2n) is 8.41. The number of nitrogens with one attached hydrogen (secondary N) is 3. The average Bonchev–Trinajstić information content (AvgIpc) is 3.58. The van der Waals surface area contributed by atoms with Crippen molar-refractivity contribution in [2.45, 2.75) is 38.1 Å². The lowest BCUT2D eigenvalue weighted by atomic mass is 10.1. The summed E-state index contributed by atoms with van der Waals surface area (Å²) in [7, 11) is 1.63. The summed E-state index contributed by atoms with van der Waals surface area (Å²) in [4.78, 5) is 19.2. The van der Waals surface area contributed by atoms with E-state index in [1.165, 1.54) is 12.5 Å². The highest BCUT2D eigenvalue weighted by atomic mass is 19.4. The Kier molecular flexibility index (Phi) is 5.79. The van der Waals surface area contributed by atoms with Crippen LogP contribution in [0.1, 0.15) is 30.7 Å². The normalized spacial score (nSPS) is 19.8. The first-order chi connectivity index (χ1) is 16.3. The molecule has 0 amide bonds. The summed E-state index contributed by atoms with van der Waals surface area (Å²) < 4.78 is 46.6. The molecule has 5 rings (SSSR count). The minimum Gasteiger partial charge on any atom is -0.634 e. The molecule has 180 valence electrons. The minimum atomic E-state index is -4.66. The average molecular weight is 477 g/mol. The van der Waals surface area contributed by atoms with Crippen molar-refractivity contribution >= 4 is 5.78 Å². The third-order valence-electron chi connectivity index (χ3n) is 5.99. The molecule has 1 aliphatic carbocycles. The van der Waals surface area contributed by atoms with Gasteiger partial charge in [-0.1, -0.05) is 0 Å². The van der Waals surface area contributed by atoms with E-state index < -0.39 is 12.0 Å². The number of aromatic nitrogens is 8. The molecular weight excluding hydrogens is 455 g/mol.